The number of hydrogen-bond acceptors (Lipinski definition) is 1. The molecule has 1 aliphatic rings. The monoisotopic (exact) mass is 131 g/mol. The van der Waals surface area contributed by atoms with Crippen LogP contribution in [0.25, 0.3) is 0 Å². The third kappa shape index (κ3) is 0.838. The maximum atomic E-state index is 4.19. The Labute approximate surface area is 60.4 Å². The van der Waals surface area contributed by atoms with Crippen LogP contribution in [0.15, 0.2) is 29.3 Å². The largest absolute Gasteiger partial charge is 0.292 e. The summed E-state index contributed by atoms with van der Waals surface area (Å²) >= 11 is 0. The normalized spacial score (nSPS) is 14.8. The lowest BCUT2D eigenvalue weighted by Gasteiger charge is -2.08. The highest BCUT2D eigenvalue weighted by molar-refractivity contribution is 5.64. The van der Waals surface area contributed by atoms with Crippen molar-refractivity contribution in [2.24, 2.45) is 4.99 Å². The topological polar surface area (TPSA) is 12.4 Å². The van der Waals surface area contributed by atoms with Gasteiger partial charge in [-0.15, -0.1) is 0 Å². The number of nitrogens with zero attached hydrogens (tertiary/aromatic N) is 1. The van der Waals surface area contributed by atoms with Crippen molar-refractivity contribution >= 4 is 6.21 Å². The van der Waals surface area contributed by atoms with Crippen molar-refractivity contribution in [1.29, 1.82) is 0 Å². The summed E-state index contributed by atoms with van der Waals surface area (Å²) in [5, 5.41) is 0. The second-order valence-electron chi connectivity index (χ2n) is 2.50. The van der Waals surface area contributed by atoms with Crippen LogP contribution in [-0.4, -0.2) is 6.21 Å². The van der Waals surface area contributed by atoms with Gasteiger partial charge in [-0.2, -0.15) is 0 Å². The highest BCUT2D eigenvalue weighted by atomic mass is 14.7. The number of rotatable bonds is 0. The van der Waals surface area contributed by atoms with E-state index >= 15 is 0 Å². The van der Waals surface area contributed by atoms with Crippen LogP contribution >= 0.6 is 0 Å². The van der Waals surface area contributed by atoms with Crippen molar-refractivity contribution < 1.29 is 0 Å². The Balaban J connectivity index is 2.47. The minimum Gasteiger partial charge on any atom is -0.292 e. The van der Waals surface area contributed by atoms with Crippen LogP contribution in [0.4, 0.5) is 0 Å². The van der Waals surface area contributed by atoms with Crippen LogP contribution in [0.1, 0.15) is 11.1 Å². The number of hydrogen-bond donors (Lipinski definition) is 0. The van der Waals surface area contributed by atoms with E-state index in [1.165, 1.54) is 11.1 Å². The molecule has 1 heterocycles. The van der Waals surface area contributed by atoms with Crippen molar-refractivity contribution in [3.63, 3.8) is 0 Å². The van der Waals surface area contributed by atoms with Crippen LogP contribution in [0.2, 0.25) is 0 Å². The molecule has 0 fully saturated rings. The van der Waals surface area contributed by atoms with E-state index in [1.807, 2.05) is 6.21 Å². The summed E-state index contributed by atoms with van der Waals surface area (Å²) in [6.07, 6.45) is 3.00. The smallest absolute Gasteiger partial charge is 0.0638 e. The third-order valence-corrected chi connectivity index (χ3v) is 1.82. The van der Waals surface area contributed by atoms with Gasteiger partial charge in [-0.25, -0.2) is 0 Å². The molecule has 0 spiro atoms. The molecule has 0 aliphatic carbocycles. The fourth-order valence-electron chi connectivity index (χ4n) is 1.24. The predicted octanol–water partition coefficient (Wildman–Crippen LogP) is 1.81. The zero-order valence-electron chi connectivity index (χ0n) is 5.75. The molecule has 50 valence electrons. The Morgan fingerprint density at radius 3 is 2.70 bits per heavy atom. The van der Waals surface area contributed by atoms with Crippen molar-refractivity contribution in [3.05, 3.63) is 35.4 Å². The molecule has 0 aromatic heterocycles. The summed E-state index contributed by atoms with van der Waals surface area (Å²) in [6.45, 7) is 0.871. The first kappa shape index (κ1) is 5.66. The summed E-state index contributed by atoms with van der Waals surface area (Å²) in [5.41, 5.74) is 2.81. The van der Waals surface area contributed by atoms with Gasteiger partial charge < -0.3 is 0 Å². The predicted molar refractivity (Wildman–Crippen MR) is 42.3 cm³/mol. The first-order valence-corrected chi connectivity index (χ1v) is 3.52. The Kier molecular flexibility index (Phi) is 1.28. The molecular formula is C9H9N. The van der Waals surface area contributed by atoms with Crippen molar-refractivity contribution in [2.75, 3.05) is 0 Å². The molecule has 0 saturated heterocycles. The Morgan fingerprint density at radius 1 is 1.10 bits per heavy atom. The molecular weight excluding hydrogens is 122 g/mol. The number of fused-ring (bicyclic) bond motifs is 1. The molecule has 1 heteroatoms. The quantitative estimate of drug-likeness (QED) is 0.509. The van der Waals surface area contributed by atoms with E-state index in [9.17, 15) is 0 Å². The average Bonchev–Trinajstić information content (AvgIpc) is 2.05. The van der Waals surface area contributed by atoms with Gasteiger partial charge in [0, 0.05) is 12.6 Å². The Bertz CT molecular complexity index is 236. The molecule has 1 aromatic carbocycles. The molecule has 0 unspecified atom stereocenters. The molecule has 0 atom stereocenters. The van der Waals surface area contributed by atoms with Gasteiger partial charge in [0.1, 0.15) is 0 Å². The van der Waals surface area contributed by atoms with Gasteiger partial charge in [-0.3, -0.25) is 4.99 Å². The highest BCUT2D eigenvalue weighted by Crippen LogP contribution is 2.12. The molecule has 1 aromatic rings. The van der Waals surface area contributed by atoms with E-state index in [2.05, 4.69) is 29.3 Å². The third-order valence-electron chi connectivity index (χ3n) is 1.82. The molecule has 0 radical (unpaired) electrons. The van der Waals surface area contributed by atoms with Crippen LogP contribution in [0, 0.1) is 0 Å². The first-order chi connectivity index (χ1) is 4.97. The summed E-state index contributed by atoms with van der Waals surface area (Å²) < 4.78 is 0. The summed E-state index contributed by atoms with van der Waals surface area (Å²) in [7, 11) is 0. The second kappa shape index (κ2) is 2.25. The molecule has 0 bridgehead atoms. The van der Waals surface area contributed by atoms with Gasteiger partial charge in [0.2, 0.25) is 0 Å². The first-order valence-electron chi connectivity index (χ1n) is 3.52. The minimum absolute atomic E-state index is 0.871. The average molecular weight is 131 g/mol. The molecule has 10 heavy (non-hydrogen) atoms. The van der Waals surface area contributed by atoms with Crippen LogP contribution in [0.5, 0.6) is 0 Å². The molecule has 1 aliphatic heterocycles. The molecule has 0 amide bonds. The van der Waals surface area contributed by atoms with E-state index in [0.717, 1.165) is 13.0 Å². The van der Waals surface area contributed by atoms with Gasteiger partial charge in [-0.1, -0.05) is 24.3 Å². The van der Waals surface area contributed by atoms with Crippen LogP contribution < -0.4 is 0 Å². The zero-order chi connectivity index (χ0) is 6.81. The highest BCUT2D eigenvalue weighted by Gasteiger charge is 2.01. The number of benzene rings is 1. The second-order valence-corrected chi connectivity index (χ2v) is 2.50. The van der Waals surface area contributed by atoms with Crippen molar-refractivity contribution in [1.82, 2.24) is 0 Å². The molecule has 2 rings (SSSR count). The van der Waals surface area contributed by atoms with Crippen molar-refractivity contribution in [2.45, 2.75) is 13.0 Å². The van der Waals surface area contributed by atoms with Gasteiger partial charge in [0.25, 0.3) is 0 Å². The van der Waals surface area contributed by atoms with E-state index in [0.29, 0.717) is 0 Å². The lowest BCUT2D eigenvalue weighted by molar-refractivity contribution is 1.00. The van der Waals surface area contributed by atoms with E-state index in [-0.39, 0.29) is 0 Å². The van der Waals surface area contributed by atoms with E-state index in [4.69, 9.17) is 0 Å². The SMILES string of the molecule is C1=NCc2ccccc2C1. The lowest BCUT2D eigenvalue weighted by atomic mass is 10.0. The summed E-state index contributed by atoms with van der Waals surface area (Å²) in [6, 6.07) is 8.46. The van der Waals surface area contributed by atoms with Crippen LogP contribution in [-0.2, 0) is 13.0 Å². The Hall–Kier alpha value is -1.11. The van der Waals surface area contributed by atoms with E-state index < -0.39 is 0 Å². The maximum absolute atomic E-state index is 4.19. The molecule has 0 saturated carbocycles. The molecule has 1 nitrogen and oxygen atoms in total. The van der Waals surface area contributed by atoms with Gasteiger partial charge in [-0.05, 0) is 11.1 Å². The lowest BCUT2D eigenvalue weighted by Crippen LogP contribution is -1.99. The van der Waals surface area contributed by atoms with Gasteiger partial charge >= 0.3 is 0 Å². The summed E-state index contributed by atoms with van der Waals surface area (Å²) in [4.78, 5) is 4.19. The maximum Gasteiger partial charge on any atom is 0.0638 e. The van der Waals surface area contributed by atoms with Crippen molar-refractivity contribution in [3.8, 4) is 0 Å². The molecule has 0 N–H and O–H groups in total. The Morgan fingerprint density at radius 2 is 1.90 bits per heavy atom. The van der Waals surface area contributed by atoms with Gasteiger partial charge in [0.05, 0.1) is 6.54 Å². The standard InChI is InChI=1S/C9H9N/c1-2-4-9-7-10-6-5-8(9)3-1/h1-4,6H,5,7H2. The zero-order valence-corrected chi connectivity index (χ0v) is 5.75. The number of aliphatic imine (C=N–C) groups is 1. The van der Waals surface area contributed by atoms with Crippen LogP contribution in [0.3, 0.4) is 0 Å². The fraction of sp³-hybridized carbons (Fsp3) is 0.222. The summed E-state index contributed by atoms with van der Waals surface area (Å²) in [5.74, 6) is 0. The fourth-order valence-corrected chi connectivity index (χ4v) is 1.24. The van der Waals surface area contributed by atoms with E-state index in [1.54, 1.807) is 0 Å². The van der Waals surface area contributed by atoms with Gasteiger partial charge in [0.15, 0.2) is 0 Å². The minimum atomic E-state index is 0.871.